The van der Waals surface area contributed by atoms with Crippen LogP contribution in [0, 0.1) is 0 Å². The molecule has 122 valence electrons. The molecule has 0 saturated carbocycles. The Morgan fingerprint density at radius 1 is 1.30 bits per heavy atom. The van der Waals surface area contributed by atoms with Gasteiger partial charge in [0.15, 0.2) is 0 Å². The normalized spacial score (nSPS) is 18.8. The van der Waals surface area contributed by atoms with Gasteiger partial charge in [0.25, 0.3) is 0 Å². The first-order valence-corrected chi connectivity index (χ1v) is 8.20. The molecule has 0 aliphatic carbocycles. The molecule has 1 unspecified atom stereocenters. The van der Waals surface area contributed by atoms with Crippen molar-refractivity contribution >= 4 is 17.5 Å². The van der Waals surface area contributed by atoms with Crippen LogP contribution >= 0.6 is 11.6 Å². The summed E-state index contributed by atoms with van der Waals surface area (Å²) in [6.45, 7) is 3.75. The van der Waals surface area contributed by atoms with Crippen LogP contribution in [0.1, 0.15) is 17.2 Å². The van der Waals surface area contributed by atoms with Crippen LogP contribution < -0.4 is 10.2 Å². The first-order chi connectivity index (χ1) is 11.1. The lowest BCUT2D eigenvalue weighted by Gasteiger charge is -2.36. The molecule has 23 heavy (non-hydrogen) atoms. The third kappa shape index (κ3) is 3.99. The van der Waals surface area contributed by atoms with Crippen molar-refractivity contribution in [1.82, 2.24) is 20.2 Å². The number of nitrogens with one attached hydrogen (secondary N) is 1. The van der Waals surface area contributed by atoms with E-state index in [1.54, 1.807) is 0 Å². The SMILES string of the molecule is CN(C)c1ncc(CN2CCNCC2c2cccc(Cl)c2)cn1. The van der Waals surface area contributed by atoms with E-state index in [2.05, 4.69) is 32.3 Å². The molecule has 0 radical (unpaired) electrons. The minimum absolute atomic E-state index is 0.316. The molecule has 1 aliphatic rings. The van der Waals surface area contributed by atoms with Crippen LogP contribution in [0.4, 0.5) is 5.95 Å². The lowest BCUT2D eigenvalue weighted by molar-refractivity contribution is 0.153. The summed E-state index contributed by atoms with van der Waals surface area (Å²) in [5.74, 6) is 0.737. The van der Waals surface area contributed by atoms with Crippen LogP contribution in [0.5, 0.6) is 0 Å². The Hall–Kier alpha value is -1.69. The molecule has 0 bridgehead atoms. The lowest BCUT2D eigenvalue weighted by Crippen LogP contribution is -2.45. The highest BCUT2D eigenvalue weighted by molar-refractivity contribution is 6.30. The minimum Gasteiger partial charge on any atom is -0.347 e. The van der Waals surface area contributed by atoms with Crippen LogP contribution in [-0.4, -0.2) is 48.6 Å². The predicted molar refractivity (Wildman–Crippen MR) is 93.8 cm³/mol. The van der Waals surface area contributed by atoms with Crippen molar-refractivity contribution in [2.75, 3.05) is 38.6 Å². The van der Waals surface area contributed by atoms with E-state index in [0.717, 1.165) is 42.7 Å². The zero-order valence-electron chi connectivity index (χ0n) is 13.5. The van der Waals surface area contributed by atoms with E-state index in [4.69, 9.17) is 11.6 Å². The van der Waals surface area contributed by atoms with E-state index in [0.29, 0.717) is 6.04 Å². The molecule has 6 heteroatoms. The van der Waals surface area contributed by atoms with Gasteiger partial charge in [-0.05, 0) is 17.7 Å². The number of piperazine rings is 1. The maximum absolute atomic E-state index is 6.16. The lowest BCUT2D eigenvalue weighted by atomic mass is 10.0. The Labute approximate surface area is 142 Å². The molecule has 2 heterocycles. The fourth-order valence-electron chi connectivity index (χ4n) is 2.87. The summed E-state index contributed by atoms with van der Waals surface area (Å²) in [6.07, 6.45) is 3.83. The number of halogens is 1. The zero-order valence-corrected chi connectivity index (χ0v) is 14.3. The van der Waals surface area contributed by atoms with E-state index >= 15 is 0 Å². The molecule has 2 aromatic rings. The van der Waals surface area contributed by atoms with Crippen molar-refractivity contribution in [1.29, 1.82) is 0 Å². The van der Waals surface area contributed by atoms with Crippen LogP contribution in [0.2, 0.25) is 5.02 Å². The molecule has 1 saturated heterocycles. The average Bonchev–Trinajstić information content (AvgIpc) is 2.56. The molecular weight excluding hydrogens is 310 g/mol. The molecule has 1 atom stereocenters. The number of nitrogens with zero attached hydrogens (tertiary/aromatic N) is 4. The highest BCUT2D eigenvalue weighted by atomic mass is 35.5. The predicted octanol–water partition coefficient (Wildman–Crippen LogP) is 2.34. The summed E-state index contributed by atoms with van der Waals surface area (Å²) in [5.41, 5.74) is 2.38. The molecule has 5 nitrogen and oxygen atoms in total. The summed E-state index contributed by atoms with van der Waals surface area (Å²) in [6, 6.07) is 8.44. The Balaban J connectivity index is 1.76. The Morgan fingerprint density at radius 3 is 2.78 bits per heavy atom. The molecule has 1 fully saturated rings. The second kappa shape index (κ2) is 7.25. The highest BCUT2D eigenvalue weighted by Crippen LogP contribution is 2.26. The molecule has 0 amide bonds. The number of hydrogen-bond donors (Lipinski definition) is 1. The number of hydrogen-bond acceptors (Lipinski definition) is 5. The van der Waals surface area contributed by atoms with E-state index in [9.17, 15) is 0 Å². The topological polar surface area (TPSA) is 44.3 Å². The Kier molecular flexibility index (Phi) is 5.10. The van der Waals surface area contributed by atoms with E-state index in [1.165, 1.54) is 5.56 Å². The van der Waals surface area contributed by atoms with E-state index in [1.807, 2.05) is 43.5 Å². The smallest absolute Gasteiger partial charge is 0.224 e. The molecule has 1 N–H and O–H groups in total. The number of benzene rings is 1. The van der Waals surface area contributed by atoms with Gasteiger partial charge in [-0.1, -0.05) is 23.7 Å². The number of rotatable bonds is 4. The average molecular weight is 332 g/mol. The first-order valence-electron chi connectivity index (χ1n) is 7.82. The molecule has 3 rings (SSSR count). The van der Waals surface area contributed by atoms with Gasteiger partial charge in [-0.15, -0.1) is 0 Å². The van der Waals surface area contributed by atoms with E-state index in [-0.39, 0.29) is 0 Å². The summed E-state index contributed by atoms with van der Waals surface area (Å²) >= 11 is 6.16. The molecule has 1 aromatic carbocycles. The standard InChI is InChI=1S/C17H22ClN5/c1-22(2)17-20-9-13(10-21-17)12-23-7-6-19-11-16(23)14-4-3-5-15(18)8-14/h3-5,8-10,16,19H,6-7,11-12H2,1-2H3. The van der Waals surface area contributed by atoms with Gasteiger partial charge in [-0.2, -0.15) is 0 Å². The maximum atomic E-state index is 6.16. The van der Waals surface area contributed by atoms with Gasteiger partial charge in [0.2, 0.25) is 5.95 Å². The van der Waals surface area contributed by atoms with Crippen LogP contribution in [0.15, 0.2) is 36.7 Å². The van der Waals surface area contributed by atoms with Crippen molar-refractivity contribution in [3.8, 4) is 0 Å². The van der Waals surface area contributed by atoms with Crippen molar-refractivity contribution in [2.24, 2.45) is 0 Å². The Morgan fingerprint density at radius 2 is 2.09 bits per heavy atom. The number of aromatic nitrogens is 2. The van der Waals surface area contributed by atoms with Gasteiger partial charge in [-0.25, -0.2) is 9.97 Å². The third-order valence-electron chi connectivity index (χ3n) is 4.07. The minimum atomic E-state index is 0.316. The second-order valence-electron chi connectivity index (χ2n) is 6.03. The third-order valence-corrected chi connectivity index (χ3v) is 4.30. The van der Waals surface area contributed by atoms with Crippen LogP contribution in [0.25, 0.3) is 0 Å². The van der Waals surface area contributed by atoms with Gasteiger partial charge in [0.05, 0.1) is 0 Å². The molecular formula is C17H22ClN5. The fraction of sp³-hybridized carbons (Fsp3) is 0.412. The fourth-order valence-corrected chi connectivity index (χ4v) is 3.07. The highest BCUT2D eigenvalue weighted by Gasteiger charge is 2.24. The quantitative estimate of drug-likeness (QED) is 0.931. The molecule has 1 aromatic heterocycles. The van der Waals surface area contributed by atoms with Crippen LogP contribution in [-0.2, 0) is 6.54 Å². The van der Waals surface area contributed by atoms with Gasteiger partial charge < -0.3 is 10.2 Å². The van der Waals surface area contributed by atoms with Crippen LogP contribution in [0.3, 0.4) is 0 Å². The summed E-state index contributed by atoms with van der Waals surface area (Å²) in [4.78, 5) is 13.2. The zero-order chi connectivity index (χ0) is 16.2. The van der Waals surface area contributed by atoms with Crippen molar-refractivity contribution in [2.45, 2.75) is 12.6 Å². The van der Waals surface area contributed by atoms with Gasteiger partial charge >= 0.3 is 0 Å². The van der Waals surface area contributed by atoms with Gasteiger partial charge in [0.1, 0.15) is 0 Å². The maximum Gasteiger partial charge on any atom is 0.224 e. The van der Waals surface area contributed by atoms with Crippen molar-refractivity contribution in [3.05, 3.63) is 52.8 Å². The van der Waals surface area contributed by atoms with E-state index < -0.39 is 0 Å². The first kappa shape index (κ1) is 16.2. The summed E-state index contributed by atoms with van der Waals surface area (Å²) < 4.78 is 0. The van der Waals surface area contributed by atoms with Crippen molar-refractivity contribution in [3.63, 3.8) is 0 Å². The van der Waals surface area contributed by atoms with Crippen molar-refractivity contribution < 1.29 is 0 Å². The molecule has 0 spiro atoms. The monoisotopic (exact) mass is 331 g/mol. The summed E-state index contributed by atoms with van der Waals surface area (Å²) in [7, 11) is 3.89. The van der Waals surface area contributed by atoms with Gasteiger partial charge in [-0.3, -0.25) is 4.90 Å². The van der Waals surface area contributed by atoms with Gasteiger partial charge in [0, 0.05) is 69.3 Å². The Bertz CT molecular complexity index is 644. The summed E-state index contributed by atoms with van der Waals surface area (Å²) in [5, 5.41) is 4.25. The molecule has 1 aliphatic heterocycles. The number of anilines is 1. The largest absolute Gasteiger partial charge is 0.347 e. The second-order valence-corrected chi connectivity index (χ2v) is 6.47.